The predicted molar refractivity (Wildman–Crippen MR) is 132 cm³/mol. The van der Waals surface area contributed by atoms with Crippen molar-refractivity contribution in [2.45, 2.75) is 13.5 Å². The van der Waals surface area contributed by atoms with Crippen LogP contribution >= 0.6 is 0 Å². The fourth-order valence-corrected chi connectivity index (χ4v) is 3.48. The number of hydrogen-bond acceptors (Lipinski definition) is 8. The molecule has 0 aliphatic rings. The number of nitrogens with one attached hydrogen (secondary N) is 2. The highest BCUT2D eigenvalue weighted by Gasteiger charge is 2.24. The lowest BCUT2D eigenvalue weighted by atomic mass is 10.0. The maximum Gasteiger partial charge on any atom is 0.336 e. The lowest BCUT2D eigenvalue weighted by molar-refractivity contribution is -0.120. The van der Waals surface area contributed by atoms with Crippen LogP contribution in [-0.4, -0.2) is 48.6 Å². The molecule has 0 bridgehead atoms. The zero-order valence-corrected chi connectivity index (χ0v) is 20.2. The minimum atomic E-state index is -1.47. The van der Waals surface area contributed by atoms with Gasteiger partial charge in [-0.25, -0.2) is 4.79 Å². The Morgan fingerprint density at radius 3 is 2.24 bits per heavy atom. The number of aromatic carboxylic acids is 1. The third kappa shape index (κ3) is 6.03. The van der Waals surface area contributed by atoms with Crippen molar-refractivity contribution in [3.05, 3.63) is 76.3 Å². The molecule has 11 nitrogen and oxygen atoms in total. The molecule has 0 unspecified atom stereocenters. The van der Waals surface area contributed by atoms with Crippen molar-refractivity contribution in [3.63, 3.8) is 0 Å². The summed E-state index contributed by atoms with van der Waals surface area (Å²) in [6.45, 7) is 1.70. The quantitative estimate of drug-likeness (QED) is 0.302. The fraction of sp³-hybridized carbons (Fsp3) is 0.154. The average molecular weight is 508 g/mol. The number of hydrogen-bond donors (Lipinski definition) is 4. The molecule has 0 aliphatic carbocycles. The van der Waals surface area contributed by atoms with Crippen LogP contribution in [0.15, 0.2) is 48.5 Å². The first-order valence-electron chi connectivity index (χ1n) is 10.8. The van der Waals surface area contributed by atoms with E-state index < -0.39 is 23.3 Å². The van der Waals surface area contributed by atoms with Crippen LogP contribution in [0.4, 0.5) is 5.69 Å². The van der Waals surface area contributed by atoms with E-state index in [1.54, 1.807) is 12.1 Å². The van der Waals surface area contributed by atoms with Gasteiger partial charge in [-0.05, 0) is 37.3 Å². The van der Waals surface area contributed by atoms with Crippen molar-refractivity contribution < 1.29 is 43.6 Å². The number of ether oxygens (including phenoxy) is 3. The van der Waals surface area contributed by atoms with Crippen molar-refractivity contribution in [1.29, 1.82) is 0 Å². The second-order valence-corrected chi connectivity index (χ2v) is 7.68. The van der Waals surface area contributed by atoms with E-state index in [0.717, 1.165) is 17.7 Å². The maximum atomic E-state index is 13.0. The number of carboxylic acid groups (broad SMARTS) is 1. The molecule has 4 N–H and O–H groups in total. The Balaban J connectivity index is 1.95. The standard InChI is InChI=1S/C26H24N2O9/c1-14-4-6-20(15(8-14)12-29)37-21-7-5-16(9-23(21)35-3)28-25(32)17-10-19(24(31)27-2)22(36-13-30)11-18(17)26(33)34/h4-11,13,29H,12H2,1-3H3,(H,27,31)(H,28,32)(H,33,34). The van der Waals surface area contributed by atoms with E-state index >= 15 is 0 Å². The number of aliphatic hydroxyl groups excluding tert-OH is 1. The zero-order valence-electron chi connectivity index (χ0n) is 20.2. The van der Waals surface area contributed by atoms with Crippen molar-refractivity contribution in [1.82, 2.24) is 5.32 Å². The van der Waals surface area contributed by atoms with E-state index in [9.17, 15) is 29.4 Å². The van der Waals surface area contributed by atoms with Crippen LogP contribution in [0.2, 0.25) is 0 Å². The molecule has 192 valence electrons. The van der Waals surface area contributed by atoms with Gasteiger partial charge in [0.1, 0.15) is 11.5 Å². The van der Waals surface area contributed by atoms with Crippen molar-refractivity contribution in [3.8, 4) is 23.0 Å². The first-order valence-corrected chi connectivity index (χ1v) is 10.8. The highest BCUT2D eigenvalue weighted by molar-refractivity contribution is 6.13. The summed E-state index contributed by atoms with van der Waals surface area (Å²) in [5.74, 6) is -2.33. The Hall–Kier alpha value is -4.90. The fourth-order valence-electron chi connectivity index (χ4n) is 3.48. The first kappa shape index (κ1) is 26.7. The van der Waals surface area contributed by atoms with Crippen molar-refractivity contribution >= 4 is 29.9 Å². The minimum Gasteiger partial charge on any atom is -0.493 e. The molecule has 0 radical (unpaired) electrons. The van der Waals surface area contributed by atoms with Gasteiger partial charge in [0.25, 0.3) is 18.3 Å². The van der Waals surface area contributed by atoms with Gasteiger partial charge in [-0.15, -0.1) is 0 Å². The van der Waals surface area contributed by atoms with Gasteiger partial charge in [0, 0.05) is 24.4 Å². The molecule has 0 saturated heterocycles. The van der Waals surface area contributed by atoms with Gasteiger partial charge in [0.05, 0.1) is 30.4 Å². The van der Waals surface area contributed by atoms with E-state index in [0.29, 0.717) is 17.1 Å². The number of carbonyl (C=O) groups is 4. The Labute approximate surface area is 211 Å². The molecule has 0 aromatic heterocycles. The topological polar surface area (TPSA) is 160 Å². The highest BCUT2D eigenvalue weighted by Crippen LogP contribution is 2.36. The molecule has 0 saturated carbocycles. The highest BCUT2D eigenvalue weighted by atomic mass is 16.5. The monoisotopic (exact) mass is 508 g/mol. The van der Waals surface area contributed by atoms with Crippen molar-refractivity contribution in [2.75, 3.05) is 19.5 Å². The van der Waals surface area contributed by atoms with Crippen LogP contribution in [0, 0.1) is 6.92 Å². The van der Waals surface area contributed by atoms with Crippen LogP contribution in [0.1, 0.15) is 42.2 Å². The third-order valence-electron chi connectivity index (χ3n) is 5.27. The van der Waals surface area contributed by atoms with Crippen LogP contribution in [0.5, 0.6) is 23.0 Å². The molecule has 0 heterocycles. The lowest BCUT2D eigenvalue weighted by Gasteiger charge is -2.15. The van der Waals surface area contributed by atoms with E-state index in [-0.39, 0.29) is 41.4 Å². The summed E-state index contributed by atoms with van der Waals surface area (Å²) < 4.78 is 16.0. The number of benzene rings is 3. The molecule has 2 amide bonds. The van der Waals surface area contributed by atoms with Gasteiger partial charge in [-0.2, -0.15) is 0 Å². The smallest absolute Gasteiger partial charge is 0.336 e. The van der Waals surface area contributed by atoms with E-state index in [1.807, 2.05) is 13.0 Å². The van der Waals surface area contributed by atoms with Crippen LogP contribution < -0.4 is 24.8 Å². The summed E-state index contributed by atoms with van der Waals surface area (Å²) in [6, 6.07) is 11.8. The minimum absolute atomic E-state index is 0.0448. The number of carboxylic acids is 1. The largest absolute Gasteiger partial charge is 0.493 e. The van der Waals surface area contributed by atoms with Crippen LogP contribution in [0.25, 0.3) is 0 Å². The molecule has 3 aromatic carbocycles. The van der Waals surface area contributed by atoms with Gasteiger partial charge in [0.15, 0.2) is 11.5 Å². The molecule has 0 aliphatic heterocycles. The number of amides is 2. The molecule has 37 heavy (non-hydrogen) atoms. The van der Waals surface area contributed by atoms with Crippen LogP contribution in [0.3, 0.4) is 0 Å². The first-order chi connectivity index (χ1) is 17.7. The number of rotatable bonds is 10. The molecule has 3 rings (SSSR count). The normalized spacial score (nSPS) is 10.3. The predicted octanol–water partition coefficient (Wildman–Crippen LogP) is 3.13. The van der Waals surface area contributed by atoms with E-state index in [4.69, 9.17) is 14.2 Å². The second kappa shape index (κ2) is 11.7. The summed E-state index contributed by atoms with van der Waals surface area (Å²) in [5, 5.41) is 24.1. The second-order valence-electron chi connectivity index (χ2n) is 7.68. The number of carbonyl (C=O) groups excluding carboxylic acids is 3. The summed E-state index contributed by atoms with van der Waals surface area (Å²) >= 11 is 0. The van der Waals surface area contributed by atoms with Crippen molar-refractivity contribution in [2.24, 2.45) is 0 Å². The Kier molecular flexibility index (Phi) is 8.43. The molecular formula is C26H24N2O9. The van der Waals surface area contributed by atoms with E-state index in [2.05, 4.69) is 10.6 Å². The molecule has 0 spiro atoms. The Morgan fingerprint density at radius 2 is 1.62 bits per heavy atom. The van der Waals surface area contributed by atoms with Gasteiger partial charge in [0.2, 0.25) is 0 Å². The third-order valence-corrected chi connectivity index (χ3v) is 5.27. The zero-order chi connectivity index (χ0) is 27.1. The number of aryl methyl sites for hydroxylation is 1. The lowest BCUT2D eigenvalue weighted by Crippen LogP contribution is -2.22. The van der Waals surface area contributed by atoms with Gasteiger partial charge in [-0.3, -0.25) is 14.4 Å². The molecule has 3 aromatic rings. The Bertz CT molecular complexity index is 1370. The number of anilines is 1. The van der Waals surface area contributed by atoms with E-state index in [1.165, 1.54) is 32.4 Å². The summed E-state index contributed by atoms with van der Waals surface area (Å²) in [6.07, 6.45) is 0. The summed E-state index contributed by atoms with van der Waals surface area (Å²) in [4.78, 5) is 47.9. The van der Waals surface area contributed by atoms with Crippen LogP contribution in [-0.2, 0) is 11.4 Å². The molecule has 11 heteroatoms. The average Bonchev–Trinajstić information content (AvgIpc) is 2.89. The molecular weight excluding hydrogens is 484 g/mol. The molecule has 0 fully saturated rings. The van der Waals surface area contributed by atoms with Gasteiger partial charge in [-0.1, -0.05) is 17.7 Å². The van der Waals surface area contributed by atoms with Gasteiger partial charge >= 0.3 is 5.97 Å². The SMILES string of the molecule is CNC(=O)c1cc(C(=O)Nc2ccc(Oc3ccc(C)cc3CO)c(OC)c2)c(C(=O)O)cc1OC=O. The molecule has 0 atom stereocenters. The maximum absolute atomic E-state index is 13.0. The summed E-state index contributed by atoms with van der Waals surface area (Å²) in [7, 11) is 2.73. The number of methoxy groups -OCH3 is 1. The summed E-state index contributed by atoms with van der Waals surface area (Å²) in [5.41, 5.74) is 0.748. The van der Waals surface area contributed by atoms with Gasteiger partial charge < -0.3 is 35.1 Å². The number of aliphatic hydroxyl groups is 1. The Morgan fingerprint density at radius 1 is 0.892 bits per heavy atom.